The molecule has 6 nitrogen and oxygen atoms in total. The topological polar surface area (TPSA) is 79.4 Å². The van der Waals surface area contributed by atoms with Gasteiger partial charge in [0, 0.05) is 37.6 Å². The number of amides is 1. The van der Waals surface area contributed by atoms with E-state index in [9.17, 15) is 13.2 Å². The van der Waals surface area contributed by atoms with Gasteiger partial charge < -0.3 is 4.90 Å². The smallest absolute Gasteiger partial charge is 0.240 e. The van der Waals surface area contributed by atoms with Crippen molar-refractivity contribution in [3.05, 3.63) is 78.1 Å². The monoisotopic (exact) mass is 421 g/mol. The van der Waals surface area contributed by atoms with E-state index in [-0.39, 0.29) is 23.8 Å². The van der Waals surface area contributed by atoms with Gasteiger partial charge in [-0.3, -0.25) is 9.78 Å². The summed E-state index contributed by atoms with van der Waals surface area (Å²) >= 11 is 0. The largest absolute Gasteiger partial charge is 0.312 e. The molecule has 1 aliphatic rings. The summed E-state index contributed by atoms with van der Waals surface area (Å²) in [6, 6.07) is 16.7. The Balaban J connectivity index is 1.40. The number of carbonyl (C=O) groups excluding carboxylic acids is 1. The number of nitrogens with one attached hydrogen (secondary N) is 1. The van der Waals surface area contributed by atoms with Crippen molar-refractivity contribution in [3.63, 3.8) is 0 Å². The number of rotatable bonds is 6. The maximum atomic E-state index is 12.7. The molecule has 0 atom stereocenters. The van der Waals surface area contributed by atoms with Crippen LogP contribution in [0.2, 0.25) is 0 Å². The van der Waals surface area contributed by atoms with Gasteiger partial charge in [0.1, 0.15) is 0 Å². The van der Waals surface area contributed by atoms with Gasteiger partial charge in [0.2, 0.25) is 15.9 Å². The molecule has 30 heavy (non-hydrogen) atoms. The molecule has 1 aliphatic heterocycles. The molecule has 154 valence electrons. The molecule has 0 saturated heterocycles. The summed E-state index contributed by atoms with van der Waals surface area (Å²) in [7, 11) is -3.62. The second kappa shape index (κ2) is 8.38. The van der Waals surface area contributed by atoms with E-state index in [0.717, 1.165) is 34.4 Å². The van der Waals surface area contributed by atoms with Crippen LogP contribution in [0.4, 0.5) is 5.69 Å². The second-order valence-electron chi connectivity index (χ2n) is 7.34. The molecule has 0 unspecified atom stereocenters. The lowest BCUT2D eigenvalue weighted by Crippen LogP contribution is -2.33. The zero-order valence-electron chi connectivity index (χ0n) is 16.7. The molecule has 0 radical (unpaired) electrons. The minimum atomic E-state index is -3.62. The highest BCUT2D eigenvalue weighted by molar-refractivity contribution is 7.89. The number of pyridine rings is 1. The number of fused-ring (bicyclic) bond motifs is 1. The minimum absolute atomic E-state index is 0.0655. The average molecular weight is 422 g/mol. The van der Waals surface area contributed by atoms with E-state index in [1.807, 2.05) is 37.3 Å². The Kier molecular flexibility index (Phi) is 5.65. The fourth-order valence-electron chi connectivity index (χ4n) is 3.68. The predicted octanol–water partition coefficient (Wildman–Crippen LogP) is 3.31. The summed E-state index contributed by atoms with van der Waals surface area (Å²) < 4.78 is 27.4. The number of benzene rings is 2. The van der Waals surface area contributed by atoms with Crippen molar-refractivity contribution in [1.29, 1.82) is 0 Å². The Morgan fingerprint density at radius 3 is 2.63 bits per heavy atom. The fraction of sp³-hybridized carbons (Fsp3) is 0.217. The summed E-state index contributed by atoms with van der Waals surface area (Å²) in [5.74, 6) is -0.0858. The molecule has 3 aromatic rings. The average Bonchev–Trinajstić information content (AvgIpc) is 3.17. The van der Waals surface area contributed by atoms with Crippen LogP contribution in [0.25, 0.3) is 11.1 Å². The van der Waals surface area contributed by atoms with Crippen molar-refractivity contribution in [2.24, 2.45) is 0 Å². The van der Waals surface area contributed by atoms with E-state index in [0.29, 0.717) is 6.54 Å². The zero-order chi connectivity index (χ0) is 21.1. The molecule has 1 aromatic heterocycles. The van der Waals surface area contributed by atoms with Gasteiger partial charge in [0.25, 0.3) is 0 Å². The standard InChI is InChI=1S/C23H23N3O3S/c1-17-3-2-4-21(15-17)30(28,29)25-13-9-23(27)26-14-10-20-16-19(5-6-22(20)26)18-7-11-24-12-8-18/h2-8,11-12,15-16,25H,9-10,13-14H2,1H3. The molecule has 1 N–H and O–H groups in total. The normalized spacial score (nSPS) is 13.3. The third kappa shape index (κ3) is 4.27. The van der Waals surface area contributed by atoms with Crippen molar-refractivity contribution in [2.75, 3.05) is 18.0 Å². The summed E-state index contributed by atoms with van der Waals surface area (Å²) in [6.07, 6.45) is 4.41. The van der Waals surface area contributed by atoms with Gasteiger partial charge >= 0.3 is 0 Å². The van der Waals surface area contributed by atoms with Gasteiger partial charge in [-0.15, -0.1) is 0 Å². The predicted molar refractivity (Wildman–Crippen MR) is 117 cm³/mol. The number of aryl methyl sites for hydroxylation is 1. The summed E-state index contributed by atoms with van der Waals surface area (Å²) in [4.78, 5) is 18.7. The number of nitrogens with zero attached hydrogens (tertiary/aromatic N) is 2. The number of aromatic nitrogens is 1. The van der Waals surface area contributed by atoms with Crippen LogP contribution in [0, 0.1) is 6.92 Å². The second-order valence-corrected chi connectivity index (χ2v) is 9.11. The van der Waals surface area contributed by atoms with Crippen molar-refractivity contribution >= 4 is 21.6 Å². The van der Waals surface area contributed by atoms with Crippen LogP contribution < -0.4 is 9.62 Å². The van der Waals surface area contributed by atoms with Crippen LogP contribution >= 0.6 is 0 Å². The van der Waals surface area contributed by atoms with Crippen LogP contribution in [-0.4, -0.2) is 32.4 Å². The first-order valence-electron chi connectivity index (χ1n) is 9.84. The van der Waals surface area contributed by atoms with Gasteiger partial charge in [-0.05, 0) is 72.0 Å². The van der Waals surface area contributed by atoms with Gasteiger partial charge in [0.15, 0.2) is 0 Å². The summed E-state index contributed by atoms with van der Waals surface area (Å²) in [5, 5.41) is 0. The minimum Gasteiger partial charge on any atom is -0.312 e. The first kappa shape index (κ1) is 20.3. The maximum absolute atomic E-state index is 12.7. The quantitative estimate of drug-likeness (QED) is 0.662. The van der Waals surface area contributed by atoms with Gasteiger partial charge in [-0.1, -0.05) is 18.2 Å². The summed E-state index contributed by atoms with van der Waals surface area (Å²) in [5.41, 5.74) is 5.07. The van der Waals surface area contributed by atoms with Crippen LogP contribution in [0.3, 0.4) is 0 Å². The molecule has 2 aromatic carbocycles. The highest BCUT2D eigenvalue weighted by Gasteiger charge is 2.25. The van der Waals surface area contributed by atoms with Crippen LogP contribution in [0.5, 0.6) is 0 Å². The van der Waals surface area contributed by atoms with E-state index in [2.05, 4.69) is 15.8 Å². The lowest BCUT2D eigenvalue weighted by molar-refractivity contribution is -0.118. The van der Waals surface area contributed by atoms with Crippen molar-refractivity contribution < 1.29 is 13.2 Å². The fourth-order valence-corrected chi connectivity index (χ4v) is 4.81. The van der Waals surface area contributed by atoms with E-state index in [1.165, 1.54) is 0 Å². The SMILES string of the molecule is Cc1cccc(S(=O)(=O)NCCC(=O)N2CCc3cc(-c4ccncc4)ccc32)c1. The highest BCUT2D eigenvalue weighted by atomic mass is 32.2. The molecule has 0 aliphatic carbocycles. The van der Waals surface area contributed by atoms with Gasteiger partial charge in [-0.2, -0.15) is 0 Å². The summed E-state index contributed by atoms with van der Waals surface area (Å²) in [6.45, 7) is 2.52. The van der Waals surface area contributed by atoms with Crippen molar-refractivity contribution in [1.82, 2.24) is 9.71 Å². The molecule has 7 heteroatoms. The molecule has 0 fully saturated rings. The third-order valence-corrected chi connectivity index (χ3v) is 6.68. The number of carbonyl (C=O) groups is 1. The molecule has 0 saturated carbocycles. The Labute approximate surface area is 176 Å². The number of hydrogen-bond donors (Lipinski definition) is 1. The molecule has 2 heterocycles. The van der Waals surface area contributed by atoms with Gasteiger partial charge in [0.05, 0.1) is 4.90 Å². The molecule has 0 spiro atoms. The van der Waals surface area contributed by atoms with Crippen LogP contribution in [-0.2, 0) is 21.2 Å². The number of anilines is 1. The van der Waals surface area contributed by atoms with Gasteiger partial charge in [-0.25, -0.2) is 13.1 Å². The van der Waals surface area contributed by atoms with Crippen molar-refractivity contribution in [2.45, 2.75) is 24.7 Å². The van der Waals surface area contributed by atoms with E-state index in [4.69, 9.17) is 0 Å². The Hall–Kier alpha value is -3.03. The maximum Gasteiger partial charge on any atom is 0.240 e. The first-order chi connectivity index (χ1) is 14.4. The highest BCUT2D eigenvalue weighted by Crippen LogP contribution is 2.32. The number of sulfonamides is 1. The van der Waals surface area contributed by atoms with Crippen LogP contribution in [0.1, 0.15) is 17.5 Å². The Morgan fingerprint density at radius 2 is 1.87 bits per heavy atom. The van der Waals surface area contributed by atoms with Crippen LogP contribution in [0.15, 0.2) is 71.9 Å². The Bertz CT molecular complexity index is 1180. The lowest BCUT2D eigenvalue weighted by atomic mass is 10.0. The van der Waals surface area contributed by atoms with Crippen molar-refractivity contribution in [3.8, 4) is 11.1 Å². The van der Waals surface area contributed by atoms with E-state index < -0.39 is 10.0 Å². The zero-order valence-corrected chi connectivity index (χ0v) is 17.5. The molecule has 4 rings (SSSR count). The Morgan fingerprint density at radius 1 is 1.07 bits per heavy atom. The molecule has 0 bridgehead atoms. The molecule has 1 amide bonds. The van der Waals surface area contributed by atoms with E-state index >= 15 is 0 Å². The molecular weight excluding hydrogens is 398 g/mol. The first-order valence-corrected chi connectivity index (χ1v) is 11.3. The van der Waals surface area contributed by atoms with E-state index in [1.54, 1.807) is 35.5 Å². The lowest BCUT2D eigenvalue weighted by Gasteiger charge is -2.18. The number of hydrogen-bond acceptors (Lipinski definition) is 4. The third-order valence-electron chi connectivity index (χ3n) is 5.22. The molecular formula is C23H23N3O3S.